The summed E-state index contributed by atoms with van der Waals surface area (Å²) in [5.41, 5.74) is 1.12. The smallest absolute Gasteiger partial charge is 0.134 e. The number of aromatic nitrogens is 2. The molecule has 1 aromatic rings. The number of hydrogen-bond acceptors (Lipinski definition) is 5. The van der Waals surface area contributed by atoms with Crippen molar-refractivity contribution in [2.24, 2.45) is 0 Å². The fourth-order valence-electron chi connectivity index (χ4n) is 2.32. The molecular formula is C14H24N4S. The molecule has 5 heteroatoms. The molecule has 1 heterocycles. The molecule has 0 aliphatic heterocycles. The Morgan fingerprint density at radius 1 is 1.26 bits per heavy atom. The van der Waals surface area contributed by atoms with Gasteiger partial charge in [-0.2, -0.15) is 11.8 Å². The molecule has 1 aliphatic carbocycles. The number of rotatable bonds is 7. The monoisotopic (exact) mass is 280 g/mol. The van der Waals surface area contributed by atoms with E-state index in [4.69, 9.17) is 0 Å². The summed E-state index contributed by atoms with van der Waals surface area (Å²) in [7, 11) is 0. The van der Waals surface area contributed by atoms with Crippen LogP contribution in [0.4, 0.5) is 11.6 Å². The number of thioether (sulfide) groups is 1. The molecule has 0 amide bonds. The maximum atomic E-state index is 4.37. The molecule has 2 N–H and O–H groups in total. The first kappa shape index (κ1) is 14.4. The second-order valence-corrected chi connectivity index (χ2v) is 6.49. The molecule has 1 aliphatic rings. The Hall–Kier alpha value is -0.970. The van der Waals surface area contributed by atoms with Gasteiger partial charge in [-0.3, -0.25) is 0 Å². The van der Waals surface area contributed by atoms with E-state index in [2.05, 4.69) is 40.7 Å². The van der Waals surface area contributed by atoms with Crippen LogP contribution in [0.3, 0.4) is 0 Å². The molecule has 19 heavy (non-hydrogen) atoms. The Labute approximate surface area is 120 Å². The summed E-state index contributed by atoms with van der Waals surface area (Å²) < 4.78 is 0.425. The second-order valence-electron chi connectivity index (χ2n) is 5.22. The van der Waals surface area contributed by atoms with E-state index in [1.165, 1.54) is 19.3 Å². The number of hydrogen-bond donors (Lipinski definition) is 2. The van der Waals surface area contributed by atoms with Crippen LogP contribution in [-0.4, -0.2) is 34.1 Å². The van der Waals surface area contributed by atoms with Crippen LogP contribution in [0.15, 0.2) is 6.33 Å². The molecule has 0 saturated heterocycles. The van der Waals surface area contributed by atoms with E-state index < -0.39 is 0 Å². The van der Waals surface area contributed by atoms with Gasteiger partial charge in [-0.25, -0.2) is 9.97 Å². The fraction of sp³-hybridized carbons (Fsp3) is 0.714. The van der Waals surface area contributed by atoms with E-state index >= 15 is 0 Å². The average Bonchev–Trinajstić information content (AvgIpc) is 2.38. The highest BCUT2D eigenvalue weighted by molar-refractivity contribution is 8.00. The third kappa shape index (κ3) is 3.32. The van der Waals surface area contributed by atoms with E-state index in [-0.39, 0.29) is 0 Å². The van der Waals surface area contributed by atoms with Crippen LogP contribution in [0.1, 0.15) is 38.2 Å². The van der Waals surface area contributed by atoms with Crippen LogP contribution in [0.25, 0.3) is 0 Å². The van der Waals surface area contributed by atoms with Gasteiger partial charge in [0.2, 0.25) is 0 Å². The average molecular weight is 280 g/mol. The number of anilines is 2. The number of nitrogens with zero attached hydrogens (tertiary/aromatic N) is 2. The zero-order chi connectivity index (χ0) is 13.7. The maximum absolute atomic E-state index is 4.37. The molecule has 0 unspecified atom stereocenters. The lowest BCUT2D eigenvalue weighted by Gasteiger charge is -2.40. The molecule has 0 spiro atoms. The van der Waals surface area contributed by atoms with Crippen LogP contribution < -0.4 is 10.6 Å². The Kier molecular flexibility index (Phi) is 4.91. The van der Waals surface area contributed by atoms with Gasteiger partial charge < -0.3 is 10.6 Å². The first-order valence-electron chi connectivity index (χ1n) is 7.05. The van der Waals surface area contributed by atoms with E-state index in [9.17, 15) is 0 Å². The van der Waals surface area contributed by atoms with Gasteiger partial charge in [0.25, 0.3) is 0 Å². The van der Waals surface area contributed by atoms with Crippen molar-refractivity contribution in [3.8, 4) is 0 Å². The Morgan fingerprint density at radius 3 is 2.47 bits per heavy atom. The van der Waals surface area contributed by atoms with Gasteiger partial charge >= 0.3 is 0 Å². The third-order valence-corrected chi connectivity index (χ3v) is 5.32. The topological polar surface area (TPSA) is 49.8 Å². The molecule has 106 valence electrons. The van der Waals surface area contributed by atoms with Crippen LogP contribution in [0, 0.1) is 6.92 Å². The molecule has 0 radical (unpaired) electrons. The summed E-state index contributed by atoms with van der Waals surface area (Å²) in [4.78, 5) is 8.68. The predicted molar refractivity (Wildman–Crippen MR) is 84.1 cm³/mol. The highest BCUT2D eigenvalue weighted by Gasteiger charge is 2.35. The lowest BCUT2D eigenvalue weighted by molar-refractivity contribution is 0.379. The molecule has 0 atom stereocenters. The van der Waals surface area contributed by atoms with Crippen LogP contribution in [0.5, 0.6) is 0 Å². The Morgan fingerprint density at radius 2 is 1.95 bits per heavy atom. The van der Waals surface area contributed by atoms with Gasteiger partial charge in [0, 0.05) is 23.4 Å². The van der Waals surface area contributed by atoms with Crippen LogP contribution in [-0.2, 0) is 0 Å². The summed E-state index contributed by atoms with van der Waals surface area (Å²) in [6, 6.07) is 0. The van der Waals surface area contributed by atoms with Crippen molar-refractivity contribution >= 4 is 23.4 Å². The second kappa shape index (κ2) is 6.46. The van der Waals surface area contributed by atoms with E-state index in [0.29, 0.717) is 4.75 Å². The van der Waals surface area contributed by atoms with Gasteiger partial charge in [-0.1, -0.05) is 13.3 Å². The standard InChI is InChI=1S/C14H24N4S/c1-4-8-15-12-11(2)13(18-10-17-12)16-9-14(19-3)6-5-7-14/h10H,4-9H2,1-3H3,(H2,15,16,17,18). The minimum absolute atomic E-state index is 0.425. The molecule has 0 bridgehead atoms. The van der Waals surface area contributed by atoms with Gasteiger partial charge in [-0.05, 0) is 32.4 Å². The first-order valence-corrected chi connectivity index (χ1v) is 8.28. The Bertz CT molecular complexity index is 412. The molecule has 0 aromatic carbocycles. The first-order chi connectivity index (χ1) is 9.21. The van der Waals surface area contributed by atoms with E-state index in [1.807, 2.05) is 11.8 Å². The Balaban J connectivity index is 1.99. The van der Waals surface area contributed by atoms with Crippen LogP contribution >= 0.6 is 11.8 Å². The third-order valence-electron chi connectivity index (χ3n) is 3.90. The lowest BCUT2D eigenvalue weighted by Crippen LogP contribution is -2.40. The summed E-state index contributed by atoms with van der Waals surface area (Å²) in [5, 5.41) is 6.86. The molecule has 2 rings (SSSR count). The van der Waals surface area contributed by atoms with Crippen molar-refractivity contribution in [2.45, 2.75) is 44.3 Å². The molecule has 1 fully saturated rings. The fourth-order valence-corrected chi connectivity index (χ4v) is 3.23. The van der Waals surface area contributed by atoms with Gasteiger partial charge in [0.15, 0.2) is 0 Å². The van der Waals surface area contributed by atoms with E-state index in [1.54, 1.807) is 6.33 Å². The SMILES string of the molecule is CCCNc1ncnc(NCC2(SC)CCC2)c1C. The van der Waals surface area contributed by atoms with Crippen LogP contribution in [0.2, 0.25) is 0 Å². The number of nitrogens with one attached hydrogen (secondary N) is 2. The normalized spacial score (nSPS) is 16.8. The molecule has 1 saturated carbocycles. The largest absolute Gasteiger partial charge is 0.370 e. The van der Waals surface area contributed by atoms with Crippen molar-refractivity contribution < 1.29 is 0 Å². The van der Waals surface area contributed by atoms with Crippen molar-refractivity contribution in [3.05, 3.63) is 11.9 Å². The summed E-state index contributed by atoms with van der Waals surface area (Å²) >= 11 is 1.98. The minimum atomic E-state index is 0.425. The molecule has 4 nitrogen and oxygen atoms in total. The molecular weight excluding hydrogens is 256 g/mol. The van der Waals surface area contributed by atoms with Gasteiger partial charge in [-0.15, -0.1) is 0 Å². The zero-order valence-corrected chi connectivity index (χ0v) is 12.9. The maximum Gasteiger partial charge on any atom is 0.134 e. The van der Waals surface area contributed by atoms with Crippen molar-refractivity contribution in [1.29, 1.82) is 0 Å². The molecule has 1 aromatic heterocycles. The van der Waals surface area contributed by atoms with Gasteiger partial charge in [0.1, 0.15) is 18.0 Å². The highest BCUT2D eigenvalue weighted by atomic mass is 32.2. The highest BCUT2D eigenvalue weighted by Crippen LogP contribution is 2.42. The lowest BCUT2D eigenvalue weighted by atomic mass is 9.84. The van der Waals surface area contributed by atoms with Crippen molar-refractivity contribution in [3.63, 3.8) is 0 Å². The summed E-state index contributed by atoms with van der Waals surface area (Å²) in [6.45, 7) is 6.18. The minimum Gasteiger partial charge on any atom is -0.370 e. The van der Waals surface area contributed by atoms with Crippen molar-refractivity contribution in [1.82, 2.24) is 9.97 Å². The van der Waals surface area contributed by atoms with E-state index in [0.717, 1.165) is 36.7 Å². The zero-order valence-electron chi connectivity index (χ0n) is 12.1. The quantitative estimate of drug-likeness (QED) is 0.802. The summed E-state index contributed by atoms with van der Waals surface area (Å²) in [6.07, 6.45) is 8.93. The summed E-state index contributed by atoms with van der Waals surface area (Å²) in [5.74, 6) is 1.92. The van der Waals surface area contributed by atoms with Gasteiger partial charge in [0.05, 0.1) is 0 Å². The van der Waals surface area contributed by atoms with Crippen molar-refractivity contribution in [2.75, 3.05) is 30.0 Å². The predicted octanol–water partition coefficient (Wildman–Crippen LogP) is 3.30.